The number of likely N-dealkylation sites (tertiary alicyclic amines) is 1. The molecule has 0 bridgehead atoms. The predicted octanol–water partition coefficient (Wildman–Crippen LogP) is 2.75. The second kappa shape index (κ2) is 3.62. The molecule has 1 N–H and O–H groups in total. The van der Waals surface area contributed by atoms with Crippen molar-refractivity contribution < 1.29 is 4.79 Å². The number of rotatable bonds is 2. The molecule has 2 atom stereocenters. The molecular formula is C16H20N2O. The van der Waals surface area contributed by atoms with Crippen molar-refractivity contribution in [2.24, 2.45) is 5.41 Å². The van der Waals surface area contributed by atoms with E-state index in [1.165, 1.54) is 5.56 Å². The molecule has 2 aliphatic rings. The van der Waals surface area contributed by atoms with Gasteiger partial charge in [-0.15, -0.1) is 6.58 Å². The molecule has 2 unspecified atom stereocenters. The first-order valence-corrected chi connectivity index (χ1v) is 6.69. The van der Waals surface area contributed by atoms with Crippen LogP contribution in [0.1, 0.15) is 25.8 Å². The summed E-state index contributed by atoms with van der Waals surface area (Å²) < 4.78 is 0. The van der Waals surface area contributed by atoms with Gasteiger partial charge in [-0.2, -0.15) is 0 Å². The summed E-state index contributed by atoms with van der Waals surface area (Å²) in [7, 11) is 1.88. The van der Waals surface area contributed by atoms with Crippen LogP contribution in [0.15, 0.2) is 36.9 Å². The van der Waals surface area contributed by atoms with Crippen LogP contribution >= 0.6 is 0 Å². The third kappa shape index (κ3) is 1.30. The van der Waals surface area contributed by atoms with Gasteiger partial charge < -0.3 is 10.2 Å². The Labute approximate surface area is 114 Å². The van der Waals surface area contributed by atoms with Crippen molar-refractivity contribution in [1.29, 1.82) is 0 Å². The highest BCUT2D eigenvalue weighted by Crippen LogP contribution is 2.58. The van der Waals surface area contributed by atoms with E-state index in [0.717, 1.165) is 5.69 Å². The third-order valence-electron chi connectivity index (χ3n) is 5.04. The lowest BCUT2D eigenvalue weighted by Crippen LogP contribution is -2.49. The summed E-state index contributed by atoms with van der Waals surface area (Å²) in [4.78, 5) is 14.1. The zero-order chi connectivity index (χ0) is 13.8. The average molecular weight is 256 g/mol. The Hall–Kier alpha value is -1.77. The quantitative estimate of drug-likeness (QED) is 0.825. The average Bonchev–Trinajstić information content (AvgIpc) is 2.85. The van der Waals surface area contributed by atoms with E-state index in [4.69, 9.17) is 0 Å². The van der Waals surface area contributed by atoms with E-state index in [-0.39, 0.29) is 22.9 Å². The highest BCUT2D eigenvalue weighted by atomic mass is 16.2. The monoisotopic (exact) mass is 256 g/mol. The molecular weight excluding hydrogens is 236 g/mol. The van der Waals surface area contributed by atoms with Gasteiger partial charge in [-0.3, -0.25) is 4.79 Å². The molecule has 2 aliphatic heterocycles. The lowest BCUT2D eigenvalue weighted by Gasteiger charge is -2.42. The molecule has 1 aromatic rings. The predicted molar refractivity (Wildman–Crippen MR) is 76.9 cm³/mol. The van der Waals surface area contributed by atoms with E-state index >= 15 is 0 Å². The van der Waals surface area contributed by atoms with Crippen LogP contribution in [-0.4, -0.2) is 24.0 Å². The maximum atomic E-state index is 12.2. The van der Waals surface area contributed by atoms with E-state index in [1.54, 1.807) is 0 Å². The fourth-order valence-corrected chi connectivity index (χ4v) is 3.65. The zero-order valence-corrected chi connectivity index (χ0v) is 11.7. The van der Waals surface area contributed by atoms with E-state index in [0.29, 0.717) is 6.42 Å². The van der Waals surface area contributed by atoms with Crippen molar-refractivity contribution in [1.82, 2.24) is 4.90 Å². The summed E-state index contributed by atoms with van der Waals surface area (Å²) in [5, 5.41) is 3.52. The van der Waals surface area contributed by atoms with E-state index in [2.05, 4.69) is 37.9 Å². The molecule has 0 spiro atoms. The molecule has 0 aromatic heterocycles. The highest BCUT2D eigenvalue weighted by Gasteiger charge is 2.62. The Morgan fingerprint density at radius 1 is 1.47 bits per heavy atom. The highest BCUT2D eigenvalue weighted by molar-refractivity contribution is 5.85. The number of fused-ring (bicyclic) bond motifs is 3. The Morgan fingerprint density at radius 2 is 2.16 bits per heavy atom. The second-order valence-electron chi connectivity index (χ2n) is 6.17. The Bertz CT molecular complexity index is 564. The molecule has 1 amide bonds. The Balaban J connectivity index is 2.26. The maximum Gasteiger partial charge on any atom is 0.225 e. The largest absolute Gasteiger partial charge is 0.364 e. The molecule has 1 saturated heterocycles. The van der Waals surface area contributed by atoms with Crippen molar-refractivity contribution in [3.8, 4) is 0 Å². The normalized spacial score (nSPS) is 28.9. The molecule has 2 heterocycles. The first-order chi connectivity index (χ1) is 8.94. The smallest absolute Gasteiger partial charge is 0.225 e. The van der Waals surface area contributed by atoms with Crippen molar-refractivity contribution in [2.45, 2.75) is 31.8 Å². The molecule has 0 radical (unpaired) electrons. The molecule has 3 heteroatoms. The second-order valence-corrected chi connectivity index (χ2v) is 6.17. The molecule has 0 saturated carbocycles. The maximum absolute atomic E-state index is 12.2. The summed E-state index contributed by atoms with van der Waals surface area (Å²) in [6.07, 6.45) is 2.54. The van der Waals surface area contributed by atoms with Crippen molar-refractivity contribution >= 4 is 11.6 Å². The standard InChI is InChI=1S/C16H20N2O/c1-5-15(2,3)16-10-13(19)18(4)14(16)17-12-9-7-6-8-11(12)16/h5-9,14,17H,1,10H2,2-4H3. The number of likely N-dealkylation sites (N-methyl/N-ethyl adjacent to an activating group) is 1. The van der Waals surface area contributed by atoms with Crippen LogP contribution in [0, 0.1) is 5.41 Å². The minimum absolute atomic E-state index is 0.0189. The number of nitrogens with zero attached hydrogens (tertiary/aromatic N) is 1. The lowest BCUT2D eigenvalue weighted by atomic mass is 9.60. The number of hydrogen-bond acceptors (Lipinski definition) is 2. The van der Waals surface area contributed by atoms with Gasteiger partial charge in [-0.1, -0.05) is 38.1 Å². The summed E-state index contributed by atoms with van der Waals surface area (Å²) in [5.74, 6) is 0.196. The zero-order valence-electron chi connectivity index (χ0n) is 11.7. The summed E-state index contributed by atoms with van der Waals surface area (Å²) in [5.41, 5.74) is 2.00. The van der Waals surface area contributed by atoms with Crippen LogP contribution in [-0.2, 0) is 10.2 Å². The Kier molecular flexibility index (Phi) is 2.34. The van der Waals surface area contributed by atoms with Gasteiger partial charge in [-0.05, 0) is 17.0 Å². The number of nitrogens with one attached hydrogen (secondary N) is 1. The summed E-state index contributed by atoms with van der Waals surface area (Å²) in [6.45, 7) is 8.34. The van der Waals surface area contributed by atoms with Crippen LogP contribution in [0.4, 0.5) is 5.69 Å². The number of carbonyl (C=O) groups is 1. The number of para-hydroxylation sites is 1. The Morgan fingerprint density at radius 3 is 2.84 bits per heavy atom. The van der Waals surface area contributed by atoms with Crippen LogP contribution in [0.5, 0.6) is 0 Å². The van der Waals surface area contributed by atoms with Crippen LogP contribution in [0.3, 0.4) is 0 Å². The van der Waals surface area contributed by atoms with Gasteiger partial charge in [0.15, 0.2) is 0 Å². The number of hydrogen-bond donors (Lipinski definition) is 1. The SMILES string of the molecule is C=CC(C)(C)C12CC(=O)N(C)C1Nc1ccccc12. The van der Waals surface area contributed by atoms with E-state index in [9.17, 15) is 4.79 Å². The van der Waals surface area contributed by atoms with Gasteiger partial charge in [-0.25, -0.2) is 0 Å². The molecule has 1 aromatic carbocycles. The molecule has 19 heavy (non-hydrogen) atoms. The first-order valence-electron chi connectivity index (χ1n) is 6.69. The molecule has 100 valence electrons. The van der Waals surface area contributed by atoms with Crippen LogP contribution in [0.25, 0.3) is 0 Å². The van der Waals surface area contributed by atoms with Gasteiger partial charge in [0.1, 0.15) is 6.17 Å². The number of anilines is 1. The lowest BCUT2D eigenvalue weighted by molar-refractivity contribution is -0.127. The van der Waals surface area contributed by atoms with Gasteiger partial charge >= 0.3 is 0 Å². The molecule has 3 rings (SSSR count). The molecule has 3 nitrogen and oxygen atoms in total. The van der Waals surface area contributed by atoms with Gasteiger partial charge in [0, 0.05) is 19.2 Å². The summed E-state index contributed by atoms with van der Waals surface area (Å²) in [6, 6.07) is 8.31. The van der Waals surface area contributed by atoms with E-state index < -0.39 is 0 Å². The number of benzene rings is 1. The fourth-order valence-electron chi connectivity index (χ4n) is 3.65. The molecule has 1 fully saturated rings. The number of carbonyl (C=O) groups excluding carboxylic acids is 1. The van der Waals surface area contributed by atoms with Gasteiger partial charge in [0.2, 0.25) is 5.91 Å². The number of allylic oxidation sites excluding steroid dienone is 1. The molecule has 0 aliphatic carbocycles. The van der Waals surface area contributed by atoms with Crippen molar-refractivity contribution in [2.75, 3.05) is 12.4 Å². The topological polar surface area (TPSA) is 32.3 Å². The van der Waals surface area contributed by atoms with Crippen LogP contribution < -0.4 is 5.32 Å². The van der Waals surface area contributed by atoms with Gasteiger partial charge in [0.25, 0.3) is 0 Å². The van der Waals surface area contributed by atoms with Crippen molar-refractivity contribution in [3.63, 3.8) is 0 Å². The third-order valence-corrected chi connectivity index (χ3v) is 5.04. The van der Waals surface area contributed by atoms with Gasteiger partial charge in [0.05, 0.1) is 5.41 Å². The van der Waals surface area contributed by atoms with E-state index in [1.807, 2.05) is 30.2 Å². The minimum Gasteiger partial charge on any atom is -0.364 e. The summed E-state index contributed by atoms with van der Waals surface area (Å²) >= 11 is 0. The fraction of sp³-hybridized carbons (Fsp3) is 0.438. The van der Waals surface area contributed by atoms with Crippen LogP contribution in [0.2, 0.25) is 0 Å². The minimum atomic E-state index is -0.225. The number of amides is 1. The van der Waals surface area contributed by atoms with Crippen molar-refractivity contribution in [3.05, 3.63) is 42.5 Å². The first kappa shape index (κ1) is 12.3.